The van der Waals surface area contributed by atoms with Gasteiger partial charge in [0, 0.05) is 13.1 Å². The largest absolute Gasteiger partial charge is 0.460 e. The average molecular weight is 420 g/mol. The van der Waals surface area contributed by atoms with Crippen LogP contribution in [0.3, 0.4) is 0 Å². The van der Waals surface area contributed by atoms with E-state index in [2.05, 4.69) is 6.58 Å². The van der Waals surface area contributed by atoms with Crippen LogP contribution in [0, 0.1) is 17.7 Å². The number of amides is 1. The van der Waals surface area contributed by atoms with Gasteiger partial charge in [0.15, 0.2) is 0 Å². The zero-order valence-corrected chi connectivity index (χ0v) is 19.0. The number of hydrogen-bond donors (Lipinski definition) is 0. The highest BCUT2D eigenvalue weighted by atomic mass is 19.1. The number of halogens is 1. The molecule has 0 unspecified atom stereocenters. The first kappa shape index (κ1) is 23.9. The molecule has 1 aromatic carbocycles. The molecule has 2 rings (SSSR count). The van der Waals surface area contributed by atoms with E-state index in [0.717, 1.165) is 5.56 Å². The maximum Gasteiger partial charge on any atom is 0.410 e. The molecule has 1 amide bonds. The van der Waals surface area contributed by atoms with Crippen LogP contribution in [0.1, 0.15) is 59.1 Å². The molecule has 0 aliphatic carbocycles. The molecule has 0 saturated carbocycles. The summed E-state index contributed by atoms with van der Waals surface area (Å²) in [6, 6.07) is 4.48. The lowest BCUT2D eigenvalue weighted by Crippen LogP contribution is -2.38. The summed E-state index contributed by atoms with van der Waals surface area (Å²) in [5, 5.41) is 0. The highest BCUT2D eigenvalue weighted by molar-refractivity contribution is 5.75. The number of carbonyl (C=O) groups excluding carboxylic acids is 2. The van der Waals surface area contributed by atoms with Gasteiger partial charge in [-0.25, -0.2) is 9.18 Å². The minimum Gasteiger partial charge on any atom is -0.460 e. The third-order valence-corrected chi connectivity index (χ3v) is 4.92. The van der Waals surface area contributed by atoms with Crippen molar-refractivity contribution in [1.29, 1.82) is 0 Å². The van der Waals surface area contributed by atoms with E-state index in [9.17, 15) is 14.0 Å². The molecule has 1 fully saturated rings. The van der Waals surface area contributed by atoms with Crippen molar-refractivity contribution in [3.8, 4) is 0 Å². The van der Waals surface area contributed by atoms with Gasteiger partial charge in [-0.3, -0.25) is 4.79 Å². The van der Waals surface area contributed by atoms with E-state index < -0.39 is 17.1 Å². The lowest BCUT2D eigenvalue weighted by atomic mass is 9.84. The zero-order valence-electron chi connectivity index (χ0n) is 19.0. The molecule has 1 saturated heterocycles. The van der Waals surface area contributed by atoms with Crippen molar-refractivity contribution in [2.24, 2.45) is 11.8 Å². The predicted molar refractivity (Wildman–Crippen MR) is 115 cm³/mol. The quantitative estimate of drug-likeness (QED) is 0.614. The van der Waals surface area contributed by atoms with Crippen molar-refractivity contribution in [2.45, 2.75) is 65.6 Å². The van der Waals surface area contributed by atoms with Gasteiger partial charge in [-0.2, -0.15) is 0 Å². The van der Waals surface area contributed by atoms with Crippen LogP contribution in [-0.2, 0) is 20.7 Å². The Morgan fingerprint density at radius 3 is 2.40 bits per heavy atom. The van der Waals surface area contributed by atoms with Gasteiger partial charge in [-0.15, -0.1) is 0 Å². The Morgan fingerprint density at radius 2 is 1.83 bits per heavy atom. The second-order valence-electron chi connectivity index (χ2n) is 9.87. The highest BCUT2D eigenvalue weighted by Crippen LogP contribution is 2.31. The van der Waals surface area contributed by atoms with Crippen LogP contribution in [0.25, 0.3) is 6.08 Å². The van der Waals surface area contributed by atoms with Crippen molar-refractivity contribution in [3.63, 3.8) is 0 Å². The molecule has 2 atom stereocenters. The van der Waals surface area contributed by atoms with E-state index >= 15 is 0 Å². The molecular formula is C24H34FNO4. The Balaban J connectivity index is 2.24. The number of benzene rings is 1. The van der Waals surface area contributed by atoms with Crippen molar-refractivity contribution in [2.75, 3.05) is 13.1 Å². The lowest BCUT2D eigenvalue weighted by molar-refractivity contribution is -0.161. The average Bonchev–Trinajstić information content (AvgIpc) is 3.07. The minimum absolute atomic E-state index is 0.0740. The number of esters is 1. The molecule has 0 radical (unpaired) electrons. The first-order valence-corrected chi connectivity index (χ1v) is 10.4. The van der Waals surface area contributed by atoms with Crippen LogP contribution >= 0.6 is 0 Å². The Hall–Kier alpha value is -2.37. The van der Waals surface area contributed by atoms with Gasteiger partial charge in [-0.05, 0) is 83.6 Å². The maximum absolute atomic E-state index is 13.6. The Labute approximate surface area is 179 Å². The van der Waals surface area contributed by atoms with Crippen molar-refractivity contribution in [3.05, 3.63) is 41.7 Å². The fourth-order valence-corrected chi connectivity index (χ4v) is 3.61. The van der Waals surface area contributed by atoms with Gasteiger partial charge < -0.3 is 14.4 Å². The normalized spacial score (nSPS) is 18.1. The topological polar surface area (TPSA) is 55.8 Å². The number of nitrogens with zero attached hydrogens (tertiary/aromatic N) is 1. The molecule has 1 aliphatic rings. The molecule has 1 heterocycles. The van der Waals surface area contributed by atoms with Crippen molar-refractivity contribution >= 4 is 18.1 Å². The number of hydrogen-bond acceptors (Lipinski definition) is 4. The van der Waals surface area contributed by atoms with Gasteiger partial charge in [0.05, 0.1) is 5.92 Å². The first-order valence-electron chi connectivity index (χ1n) is 10.4. The monoisotopic (exact) mass is 419 g/mol. The summed E-state index contributed by atoms with van der Waals surface area (Å²) in [6.45, 7) is 15.7. The molecule has 5 nitrogen and oxygen atoms in total. The SMILES string of the molecule is C=Cc1cc(F)ccc1C[C@H](C(=O)OC(C)(C)C)[C@H]1CCN(C(=O)OC(C)(C)C)C1. The van der Waals surface area contributed by atoms with Crippen LogP contribution in [0.2, 0.25) is 0 Å². The van der Waals surface area contributed by atoms with Crippen molar-refractivity contribution < 1.29 is 23.5 Å². The molecule has 1 aromatic rings. The van der Waals surface area contributed by atoms with Crippen molar-refractivity contribution in [1.82, 2.24) is 4.90 Å². The molecule has 0 bridgehead atoms. The standard InChI is InChI=1S/C24H34FNO4/c1-8-16-13-19(25)10-9-17(16)14-20(21(27)29-23(2,3)4)18-11-12-26(15-18)22(28)30-24(5,6)7/h8-10,13,18,20H,1,11-12,14-15H2,2-7H3/t18-,20-/m0/s1. The van der Waals surface area contributed by atoms with E-state index in [1.165, 1.54) is 12.1 Å². The van der Waals surface area contributed by atoms with E-state index in [4.69, 9.17) is 9.47 Å². The van der Waals surface area contributed by atoms with Gasteiger partial charge in [0.1, 0.15) is 17.0 Å². The summed E-state index contributed by atoms with van der Waals surface area (Å²) in [6.07, 6.45) is 2.28. The molecule has 1 aliphatic heterocycles. The first-order chi connectivity index (χ1) is 13.8. The fraction of sp³-hybridized carbons (Fsp3) is 0.583. The lowest BCUT2D eigenvalue weighted by Gasteiger charge is -2.28. The van der Waals surface area contributed by atoms with E-state index in [-0.39, 0.29) is 23.8 Å². The van der Waals surface area contributed by atoms with Crippen LogP contribution in [0.4, 0.5) is 9.18 Å². The number of likely N-dealkylation sites (tertiary alicyclic amines) is 1. The predicted octanol–water partition coefficient (Wildman–Crippen LogP) is 5.23. The Kier molecular flexibility index (Phi) is 7.32. The Bertz CT molecular complexity index is 791. The molecule has 0 spiro atoms. The maximum atomic E-state index is 13.6. The second-order valence-corrected chi connectivity index (χ2v) is 9.87. The molecule has 0 N–H and O–H groups in total. The fourth-order valence-electron chi connectivity index (χ4n) is 3.61. The summed E-state index contributed by atoms with van der Waals surface area (Å²) in [4.78, 5) is 27.2. The van der Waals surface area contributed by atoms with Gasteiger partial charge in [0.2, 0.25) is 0 Å². The Morgan fingerprint density at radius 1 is 1.20 bits per heavy atom. The third kappa shape index (κ3) is 6.85. The van der Waals surface area contributed by atoms with E-state index in [0.29, 0.717) is 31.5 Å². The van der Waals surface area contributed by atoms with Gasteiger partial charge in [0.25, 0.3) is 0 Å². The second kappa shape index (κ2) is 9.19. The van der Waals surface area contributed by atoms with Gasteiger partial charge in [-0.1, -0.05) is 18.7 Å². The van der Waals surface area contributed by atoms with Crippen LogP contribution < -0.4 is 0 Å². The molecule has 166 valence electrons. The molecule has 6 heteroatoms. The third-order valence-electron chi connectivity index (χ3n) is 4.92. The van der Waals surface area contributed by atoms with Crippen LogP contribution in [0.15, 0.2) is 24.8 Å². The smallest absolute Gasteiger partial charge is 0.410 e. The molecular weight excluding hydrogens is 385 g/mol. The van der Waals surface area contributed by atoms with Crippen LogP contribution in [0.5, 0.6) is 0 Å². The number of ether oxygens (including phenoxy) is 2. The summed E-state index contributed by atoms with van der Waals surface area (Å²) in [5.41, 5.74) is 0.291. The molecule has 30 heavy (non-hydrogen) atoms. The summed E-state index contributed by atoms with van der Waals surface area (Å²) < 4.78 is 24.8. The minimum atomic E-state index is -0.622. The van der Waals surface area contributed by atoms with E-state index in [1.54, 1.807) is 17.0 Å². The van der Waals surface area contributed by atoms with Gasteiger partial charge >= 0.3 is 12.1 Å². The summed E-state index contributed by atoms with van der Waals surface area (Å²) in [7, 11) is 0. The van der Waals surface area contributed by atoms with Crippen LogP contribution in [-0.4, -0.2) is 41.3 Å². The number of carbonyl (C=O) groups is 2. The highest BCUT2D eigenvalue weighted by Gasteiger charge is 2.39. The zero-order chi connectivity index (χ0) is 22.7. The molecule has 0 aromatic heterocycles. The summed E-state index contributed by atoms with van der Waals surface area (Å²) >= 11 is 0. The number of rotatable bonds is 5. The summed E-state index contributed by atoms with van der Waals surface area (Å²) in [5.74, 6) is -1.19. The van der Waals surface area contributed by atoms with E-state index in [1.807, 2.05) is 41.5 Å².